The van der Waals surface area contributed by atoms with Gasteiger partial charge in [0.1, 0.15) is 4.21 Å². The second-order valence-corrected chi connectivity index (χ2v) is 10.7. The first kappa shape index (κ1) is 19.9. The molecular formula is C17H21ClN2O3S2. The number of anilines is 1. The van der Waals surface area contributed by atoms with Crippen LogP contribution in [0.25, 0.3) is 0 Å². The molecule has 1 heterocycles. The van der Waals surface area contributed by atoms with Crippen molar-refractivity contribution in [1.82, 2.24) is 4.31 Å². The van der Waals surface area contributed by atoms with Crippen LogP contribution in [0.2, 0.25) is 4.34 Å². The van der Waals surface area contributed by atoms with Crippen molar-refractivity contribution in [2.75, 3.05) is 18.9 Å². The second kappa shape index (κ2) is 7.45. The lowest BCUT2D eigenvalue weighted by atomic mass is 9.86. The maximum atomic E-state index is 12.5. The van der Waals surface area contributed by atoms with Crippen molar-refractivity contribution in [2.24, 2.45) is 0 Å². The third kappa shape index (κ3) is 4.82. The molecule has 0 aliphatic heterocycles. The van der Waals surface area contributed by atoms with Gasteiger partial charge in [0.25, 0.3) is 10.0 Å². The number of hydrogen-bond acceptors (Lipinski definition) is 4. The normalized spacial score (nSPS) is 12.4. The molecule has 0 saturated carbocycles. The quantitative estimate of drug-likeness (QED) is 0.826. The maximum Gasteiger partial charge on any atom is 0.252 e. The Hall–Kier alpha value is -1.41. The third-order valence-corrected chi connectivity index (χ3v) is 7.09. The summed E-state index contributed by atoms with van der Waals surface area (Å²) in [6.45, 7) is 5.87. The first-order chi connectivity index (χ1) is 11.5. The maximum absolute atomic E-state index is 12.5. The van der Waals surface area contributed by atoms with E-state index in [1.807, 2.05) is 24.3 Å². The minimum Gasteiger partial charge on any atom is -0.325 e. The Balaban J connectivity index is 2.13. The van der Waals surface area contributed by atoms with Crippen molar-refractivity contribution in [3.05, 3.63) is 46.3 Å². The van der Waals surface area contributed by atoms with Crippen LogP contribution < -0.4 is 5.32 Å². The largest absolute Gasteiger partial charge is 0.325 e. The van der Waals surface area contributed by atoms with Crippen LogP contribution in [0.15, 0.2) is 40.6 Å². The van der Waals surface area contributed by atoms with Gasteiger partial charge in [0.15, 0.2) is 0 Å². The number of thiophene rings is 1. The fourth-order valence-electron chi connectivity index (χ4n) is 2.31. The Morgan fingerprint density at radius 3 is 2.40 bits per heavy atom. The zero-order valence-electron chi connectivity index (χ0n) is 14.5. The first-order valence-electron chi connectivity index (χ1n) is 7.63. The van der Waals surface area contributed by atoms with E-state index in [9.17, 15) is 13.2 Å². The van der Waals surface area contributed by atoms with E-state index in [0.717, 1.165) is 21.2 Å². The molecule has 0 unspecified atom stereocenters. The Kier molecular flexibility index (Phi) is 5.93. The number of sulfonamides is 1. The van der Waals surface area contributed by atoms with Crippen molar-refractivity contribution in [2.45, 2.75) is 30.4 Å². The number of benzene rings is 1. The van der Waals surface area contributed by atoms with E-state index in [4.69, 9.17) is 11.6 Å². The zero-order chi connectivity index (χ0) is 18.8. The van der Waals surface area contributed by atoms with E-state index in [2.05, 4.69) is 26.1 Å². The Labute approximate surface area is 157 Å². The van der Waals surface area contributed by atoms with Crippen LogP contribution in [0.1, 0.15) is 26.3 Å². The highest BCUT2D eigenvalue weighted by Crippen LogP contribution is 2.30. The van der Waals surface area contributed by atoms with Gasteiger partial charge in [-0.25, -0.2) is 8.42 Å². The molecule has 1 aromatic heterocycles. The van der Waals surface area contributed by atoms with Crippen LogP contribution in [-0.4, -0.2) is 32.2 Å². The lowest BCUT2D eigenvalue weighted by Gasteiger charge is -2.23. The molecule has 25 heavy (non-hydrogen) atoms. The number of carbonyl (C=O) groups is 1. The molecule has 1 amide bonds. The van der Waals surface area contributed by atoms with Crippen molar-refractivity contribution in [3.63, 3.8) is 0 Å². The predicted octanol–water partition coefficient (Wildman–Crippen LogP) is 3.96. The van der Waals surface area contributed by atoms with Crippen molar-refractivity contribution < 1.29 is 13.2 Å². The van der Waals surface area contributed by atoms with Gasteiger partial charge in [0.2, 0.25) is 5.91 Å². The number of hydrogen-bond donors (Lipinski definition) is 1. The third-order valence-electron chi connectivity index (χ3n) is 3.59. The average molecular weight is 401 g/mol. The van der Waals surface area contributed by atoms with E-state index >= 15 is 0 Å². The summed E-state index contributed by atoms with van der Waals surface area (Å²) >= 11 is 6.76. The number of nitrogens with zero attached hydrogens (tertiary/aromatic N) is 1. The molecule has 1 aromatic carbocycles. The topological polar surface area (TPSA) is 66.5 Å². The molecular weight excluding hydrogens is 380 g/mol. The molecule has 0 bridgehead atoms. The van der Waals surface area contributed by atoms with Crippen LogP contribution in [0, 0.1) is 0 Å². The summed E-state index contributed by atoms with van der Waals surface area (Å²) in [6, 6.07) is 10.5. The van der Waals surface area contributed by atoms with Crippen molar-refractivity contribution >= 4 is 44.6 Å². The molecule has 0 aliphatic carbocycles. The lowest BCUT2D eigenvalue weighted by Crippen LogP contribution is -2.35. The second-order valence-electron chi connectivity index (χ2n) is 6.66. The van der Waals surface area contributed by atoms with E-state index in [1.54, 1.807) is 0 Å². The van der Waals surface area contributed by atoms with Crippen LogP contribution in [0.3, 0.4) is 0 Å². The summed E-state index contributed by atoms with van der Waals surface area (Å²) in [7, 11) is -2.36. The van der Waals surface area contributed by atoms with Gasteiger partial charge in [-0.1, -0.05) is 50.6 Å². The molecule has 5 nitrogen and oxygen atoms in total. The van der Waals surface area contributed by atoms with Gasteiger partial charge in [-0.05, 0) is 29.2 Å². The average Bonchev–Trinajstić information content (AvgIpc) is 2.93. The number of rotatable bonds is 5. The fourth-order valence-corrected chi connectivity index (χ4v) is 5.13. The Morgan fingerprint density at radius 1 is 1.20 bits per heavy atom. The molecule has 136 valence electrons. The van der Waals surface area contributed by atoms with Gasteiger partial charge >= 0.3 is 0 Å². The van der Waals surface area contributed by atoms with E-state index < -0.39 is 15.9 Å². The number of carbonyl (C=O) groups excluding carboxylic acids is 1. The van der Waals surface area contributed by atoms with Gasteiger partial charge in [0.05, 0.1) is 10.9 Å². The summed E-state index contributed by atoms with van der Waals surface area (Å²) in [5.74, 6) is -0.398. The molecule has 0 fully saturated rings. The smallest absolute Gasteiger partial charge is 0.252 e. The first-order valence-corrected chi connectivity index (χ1v) is 10.3. The van der Waals surface area contributed by atoms with Crippen LogP contribution in [0.5, 0.6) is 0 Å². The molecule has 0 radical (unpaired) electrons. The highest BCUT2D eigenvalue weighted by molar-refractivity contribution is 7.91. The highest BCUT2D eigenvalue weighted by atomic mass is 35.5. The number of para-hydroxylation sites is 1. The van der Waals surface area contributed by atoms with Crippen LogP contribution >= 0.6 is 22.9 Å². The molecule has 0 spiro atoms. The highest BCUT2D eigenvalue weighted by Gasteiger charge is 2.25. The van der Waals surface area contributed by atoms with Gasteiger partial charge in [-0.3, -0.25) is 4.79 Å². The monoisotopic (exact) mass is 400 g/mol. The van der Waals surface area contributed by atoms with E-state index in [-0.39, 0.29) is 16.2 Å². The van der Waals surface area contributed by atoms with E-state index in [1.165, 1.54) is 19.2 Å². The van der Waals surface area contributed by atoms with Crippen LogP contribution in [0.4, 0.5) is 5.69 Å². The molecule has 0 saturated heterocycles. The molecule has 1 N–H and O–H groups in total. The van der Waals surface area contributed by atoms with Crippen LogP contribution in [-0.2, 0) is 20.2 Å². The number of nitrogens with one attached hydrogen (secondary N) is 1. The summed E-state index contributed by atoms with van der Waals surface area (Å²) in [5, 5.41) is 2.81. The summed E-state index contributed by atoms with van der Waals surface area (Å²) in [6.07, 6.45) is 0. The number of likely N-dealkylation sites (N-methyl/N-ethyl adjacent to an activating group) is 1. The fraction of sp³-hybridized carbons (Fsp3) is 0.353. The molecule has 2 aromatic rings. The van der Waals surface area contributed by atoms with Gasteiger partial charge in [-0.15, -0.1) is 11.3 Å². The molecule has 0 aliphatic rings. The molecule has 8 heteroatoms. The summed E-state index contributed by atoms with van der Waals surface area (Å²) in [5.41, 5.74) is 1.53. The zero-order valence-corrected chi connectivity index (χ0v) is 16.9. The Bertz CT molecular complexity index is 870. The minimum atomic E-state index is -3.74. The van der Waals surface area contributed by atoms with E-state index in [0.29, 0.717) is 10.0 Å². The van der Waals surface area contributed by atoms with Crippen molar-refractivity contribution in [1.29, 1.82) is 0 Å². The number of amides is 1. The van der Waals surface area contributed by atoms with Gasteiger partial charge < -0.3 is 5.32 Å². The minimum absolute atomic E-state index is 0.114. The Morgan fingerprint density at radius 2 is 1.84 bits per heavy atom. The SMILES string of the molecule is CN(CC(=O)Nc1ccccc1C(C)(C)C)S(=O)(=O)c1ccc(Cl)s1. The van der Waals surface area contributed by atoms with Gasteiger partial charge in [0, 0.05) is 12.7 Å². The van der Waals surface area contributed by atoms with Crippen molar-refractivity contribution in [3.8, 4) is 0 Å². The number of halogens is 1. The lowest BCUT2D eigenvalue weighted by molar-refractivity contribution is -0.116. The summed E-state index contributed by atoms with van der Waals surface area (Å²) in [4.78, 5) is 12.3. The van der Waals surface area contributed by atoms with Gasteiger partial charge in [-0.2, -0.15) is 4.31 Å². The standard InChI is InChI=1S/C17H21ClN2O3S2/c1-17(2,3)12-7-5-6-8-13(12)19-15(21)11-20(4)25(22,23)16-10-9-14(18)24-16/h5-10H,11H2,1-4H3,(H,19,21). The summed E-state index contributed by atoms with van der Waals surface area (Å²) < 4.78 is 26.4. The predicted molar refractivity (Wildman–Crippen MR) is 103 cm³/mol. The molecule has 0 atom stereocenters. The molecule has 2 rings (SSSR count).